The second kappa shape index (κ2) is 11.0. The largest absolute Gasteiger partial charge is 0.480 e. The lowest BCUT2D eigenvalue weighted by Gasteiger charge is -2.29. The molecule has 0 unspecified atom stereocenters. The summed E-state index contributed by atoms with van der Waals surface area (Å²) in [6, 6.07) is 19.4. The standard InChI is InChI=1S/C29H26F2N6O2S/c1-38-28-25(35-40-27-9-3-20(30)16-23(27)31)14-19(17-33-28)18-2-8-24-26(15-18)37(29(32)34-24)22-6-4-21(5-7-22)36-10-12-39-13-11-36/h2-9,14-17,35H,10-13H2,1H3,(H2,32,34). The molecule has 1 aliphatic heterocycles. The first-order valence-electron chi connectivity index (χ1n) is 12.6. The molecule has 40 heavy (non-hydrogen) atoms. The highest BCUT2D eigenvalue weighted by atomic mass is 32.2. The molecule has 0 radical (unpaired) electrons. The van der Waals surface area contributed by atoms with Gasteiger partial charge in [0.2, 0.25) is 11.8 Å². The van der Waals surface area contributed by atoms with Gasteiger partial charge in [0.15, 0.2) is 0 Å². The first-order valence-corrected chi connectivity index (χ1v) is 13.5. The van der Waals surface area contributed by atoms with E-state index in [4.69, 9.17) is 15.2 Å². The van der Waals surface area contributed by atoms with Crippen molar-refractivity contribution in [1.82, 2.24) is 14.5 Å². The van der Waals surface area contributed by atoms with Gasteiger partial charge in [0.25, 0.3) is 0 Å². The summed E-state index contributed by atoms with van der Waals surface area (Å²) >= 11 is 1.01. The third-order valence-electron chi connectivity index (χ3n) is 6.71. The highest BCUT2D eigenvalue weighted by molar-refractivity contribution is 8.00. The Kier molecular flexibility index (Phi) is 7.14. The van der Waals surface area contributed by atoms with E-state index in [0.29, 0.717) is 17.5 Å². The molecule has 3 N–H and O–H groups in total. The minimum Gasteiger partial charge on any atom is -0.480 e. The quantitative estimate of drug-likeness (QED) is 0.238. The van der Waals surface area contributed by atoms with Gasteiger partial charge in [-0.1, -0.05) is 6.07 Å². The first kappa shape index (κ1) is 25.9. The number of rotatable bonds is 7. The summed E-state index contributed by atoms with van der Waals surface area (Å²) in [7, 11) is 1.51. The van der Waals surface area contributed by atoms with Crippen molar-refractivity contribution in [2.75, 3.05) is 48.8 Å². The predicted octanol–water partition coefficient (Wildman–Crippen LogP) is 5.91. The van der Waals surface area contributed by atoms with E-state index in [1.165, 1.54) is 19.2 Å². The lowest BCUT2D eigenvalue weighted by Crippen LogP contribution is -2.36. The number of nitrogens with one attached hydrogen (secondary N) is 1. The van der Waals surface area contributed by atoms with Crippen molar-refractivity contribution in [3.05, 3.63) is 84.6 Å². The zero-order valence-electron chi connectivity index (χ0n) is 21.6. The number of nitrogens with zero attached hydrogens (tertiary/aromatic N) is 4. The fraction of sp³-hybridized carbons (Fsp3) is 0.172. The predicted molar refractivity (Wildman–Crippen MR) is 154 cm³/mol. The summed E-state index contributed by atoms with van der Waals surface area (Å²) in [5.74, 6) is -0.560. The van der Waals surface area contributed by atoms with Gasteiger partial charge in [0.1, 0.15) is 17.3 Å². The number of halogens is 2. The summed E-state index contributed by atoms with van der Waals surface area (Å²) in [6.45, 7) is 3.18. The summed E-state index contributed by atoms with van der Waals surface area (Å²) in [5, 5.41) is 0. The summed E-state index contributed by atoms with van der Waals surface area (Å²) < 4.78 is 43.3. The average Bonchev–Trinajstić information content (AvgIpc) is 3.32. The molecule has 3 aromatic carbocycles. The van der Waals surface area contributed by atoms with E-state index < -0.39 is 11.6 Å². The minimum atomic E-state index is -0.658. The van der Waals surface area contributed by atoms with Crippen molar-refractivity contribution in [3.8, 4) is 22.7 Å². The van der Waals surface area contributed by atoms with Crippen molar-refractivity contribution in [1.29, 1.82) is 0 Å². The van der Waals surface area contributed by atoms with Crippen LogP contribution in [0.25, 0.3) is 27.8 Å². The van der Waals surface area contributed by atoms with Crippen LogP contribution in [0.5, 0.6) is 5.88 Å². The molecule has 8 nitrogen and oxygen atoms in total. The number of hydrogen-bond donors (Lipinski definition) is 2. The summed E-state index contributed by atoms with van der Waals surface area (Å²) in [6.07, 6.45) is 1.70. The van der Waals surface area contributed by atoms with Crippen LogP contribution < -0.4 is 20.1 Å². The smallest absolute Gasteiger partial charge is 0.237 e. The third-order valence-corrected chi connectivity index (χ3v) is 7.58. The molecule has 0 bridgehead atoms. The van der Waals surface area contributed by atoms with Gasteiger partial charge in [-0.05, 0) is 72.1 Å². The van der Waals surface area contributed by atoms with Crippen LogP contribution in [-0.4, -0.2) is 47.9 Å². The van der Waals surface area contributed by atoms with Gasteiger partial charge in [-0.3, -0.25) is 4.57 Å². The van der Waals surface area contributed by atoms with E-state index in [1.807, 2.05) is 41.0 Å². The van der Waals surface area contributed by atoms with Crippen LogP contribution in [0.1, 0.15) is 0 Å². The number of aromatic nitrogens is 3. The molecule has 1 saturated heterocycles. The number of ether oxygens (including phenoxy) is 2. The second-order valence-electron chi connectivity index (χ2n) is 9.18. The van der Waals surface area contributed by atoms with Gasteiger partial charge in [-0.25, -0.2) is 18.7 Å². The second-order valence-corrected chi connectivity index (χ2v) is 10.0. The van der Waals surface area contributed by atoms with Crippen LogP contribution in [-0.2, 0) is 4.74 Å². The molecule has 0 aliphatic carbocycles. The highest BCUT2D eigenvalue weighted by Gasteiger charge is 2.16. The molecular formula is C29H26F2N6O2S. The van der Waals surface area contributed by atoms with Crippen LogP contribution in [0.2, 0.25) is 0 Å². The van der Waals surface area contributed by atoms with Gasteiger partial charge < -0.3 is 24.8 Å². The van der Waals surface area contributed by atoms with E-state index in [0.717, 1.165) is 77.9 Å². The van der Waals surface area contributed by atoms with Crippen LogP contribution in [0.15, 0.2) is 77.8 Å². The van der Waals surface area contributed by atoms with E-state index in [-0.39, 0.29) is 4.90 Å². The average molecular weight is 561 g/mol. The fourth-order valence-corrected chi connectivity index (χ4v) is 5.35. The molecule has 204 valence electrons. The van der Waals surface area contributed by atoms with Crippen LogP contribution in [0.4, 0.5) is 26.1 Å². The number of fused-ring (bicyclic) bond motifs is 1. The minimum absolute atomic E-state index is 0.245. The monoisotopic (exact) mass is 560 g/mol. The fourth-order valence-electron chi connectivity index (χ4n) is 4.69. The molecule has 0 saturated carbocycles. The number of benzene rings is 3. The number of anilines is 3. The van der Waals surface area contributed by atoms with Crippen LogP contribution in [0.3, 0.4) is 0 Å². The molecule has 11 heteroatoms. The Balaban J connectivity index is 1.31. The number of pyridine rings is 1. The number of morpholine rings is 1. The van der Waals surface area contributed by atoms with Crippen molar-refractivity contribution in [2.45, 2.75) is 4.90 Å². The van der Waals surface area contributed by atoms with E-state index in [1.54, 1.807) is 6.20 Å². The van der Waals surface area contributed by atoms with Gasteiger partial charge in [-0.15, -0.1) is 0 Å². The van der Waals surface area contributed by atoms with Gasteiger partial charge in [0.05, 0.1) is 36.3 Å². The maximum atomic E-state index is 14.2. The Morgan fingerprint density at radius 3 is 2.48 bits per heavy atom. The zero-order chi connectivity index (χ0) is 27.6. The molecule has 0 spiro atoms. The first-order chi connectivity index (χ1) is 19.5. The SMILES string of the molecule is COc1ncc(-c2ccc3nc(N)n(-c4ccc(N5CCOCC5)cc4)c3c2)cc1NSc1ccc(F)cc1F. The molecule has 0 atom stereocenters. The van der Waals surface area contributed by atoms with Crippen molar-refractivity contribution in [3.63, 3.8) is 0 Å². The van der Waals surface area contributed by atoms with Crippen LogP contribution >= 0.6 is 11.9 Å². The normalized spacial score (nSPS) is 13.5. The molecule has 5 aromatic rings. The maximum absolute atomic E-state index is 14.2. The Morgan fingerprint density at radius 1 is 0.950 bits per heavy atom. The Labute approximate surface area is 233 Å². The van der Waals surface area contributed by atoms with E-state index >= 15 is 0 Å². The summed E-state index contributed by atoms with van der Waals surface area (Å²) in [4.78, 5) is 11.5. The Morgan fingerprint density at radius 2 is 1.73 bits per heavy atom. The van der Waals surface area contributed by atoms with Gasteiger partial charge >= 0.3 is 0 Å². The number of imidazole rings is 1. The van der Waals surface area contributed by atoms with Crippen LogP contribution in [0, 0.1) is 11.6 Å². The topological polar surface area (TPSA) is 90.5 Å². The molecule has 6 rings (SSSR count). The number of methoxy groups -OCH3 is 1. The highest BCUT2D eigenvalue weighted by Crippen LogP contribution is 2.34. The molecule has 1 aliphatic rings. The van der Waals surface area contributed by atoms with Crippen molar-refractivity contribution in [2.24, 2.45) is 0 Å². The molecule has 0 amide bonds. The lowest BCUT2D eigenvalue weighted by molar-refractivity contribution is 0.122. The van der Waals surface area contributed by atoms with E-state index in [9.17, 15) is 8.78 Å². The number of nitrogens with two attached hydrogens (primary N) is 1. The molecular weight excluding hydrogens is 534 g/mol. The zero-order valence-corrected chi connectivity index (χ0v) is 22.4. The molecule has 1 fully saturated rings. The molecule has 3 heterocycles. The number of hydrogen-bond acceptors (Lipinski definition) is 8. The van der Waals surface area contributed by atoms with Crippen molar-refractivity contribution >= 4 is 40.3 Å². The summed E-state index contributed by atoms with van der Waals surface area (Å²) in [5.41, 5.74) is 12.2. The van der Waals surface area contributed by atoms with Gasteiger partial charge in [-0.2, -0.15) is 0 Å². The Bertz CT molecular complexity index is 1670. The van der Waals surface area contributed by atoms with Crippen molar-refractivity contribution < 1.29 is 18.3 Å². The molecule has 2 aromatic heterocycles. The lowest BCUT2D eigenvalue weighted by atomic mass is 10.1. The van der Waals surface area contributed by atoms with E-state index in [2.05, 4.69) is 31.7 Å². The number of nitrogen functional groups attached to an aromatic ring is 1. The Hall–Kier alpha value is -4.35. The third kappa shape index (κ3) is 5.13. The van der Waals surface area contributed by atoms with Gasteiger partial charge in [0, 0.05) is 42.3 Å². The maximum Gasteiger partial charge on any atom is 0.237 e.